The predicted octanol–water partition coefficient (Wildman–Crippen LogP) is 3.50. The van der Waals surface area contributed by atoms with Crippen molar-refractivity contribution in [3.8, 4) is 5.75 Å². The first-order chi connectivity index (χ1) is 12.3. The van der Waals surface area contributed by atoms with Crippen LogP contribution in [0.5, 0.6) is 5.75 Å². The number of aromatic nitrogens is 1. The van der Waals surface area contributed by atoms with Gasteiger partial charge in [0.25, 0.3) is 0 Å². The van der Waals surface area contributed by atoms with Gasteiger partial charge >= 0.3 is 0 Å². The number of nitrogens with zero attached hydrogens (tertiary/aromatic N) is 2. The van der Waals surface area contributed by atoms with E-state index in [2.05, 4.69) is 28.6 Å². The lowest BCUT2D eigenvalue weighted by atomic mass is 10.2. The predicted molar refractivity (Wildman–Crippen MR) is 103 cm³/mol. The van der Waals surface area contributed by atoms with Gasteiger partial charge in [-0.3, -0.25) is 0 Å². The van der Waals surface area contributed by atoms with Gasteiger partial charge in [-0.15, -0.1) is 11.3 Å². The summed E-state index contributed by atoms with van der Waals surface area (Å²) in [6.45, 7) is 7.09. The molecule has 0 unspecified atom stereocenters. The van der Waals surface area contributed by atoms with Crippen LogP contribution in [0.3, 0.4) is 0 Å². The monoisotopic (exact) mass is 358 g/mol. The molecule has 1 fully saturated rings. The van der Waals surface area contributed by atoms with Crippen LogP contribution in [0.2, 0.25) is 0 Å². The van der Waals surface area contributed by atoms with Crippen LogP contribution in [-0.4, -0.2) is 24.1 Å². The second-order valence-corrected chi connectivity index (χ2v) is 7.21. The average molecular weight is 359 g/mol. The summed E-state index contributed by atoms with van der Waals surface area (Å²) in [4.78, 5) is 10.2. The normalized spacial score (nSPS) is 14.4. The number of guanidine groups is 1. The van der Waals surface area contributed by atoms with Gasteiger partial charge in [0.1, 0.15) is 5.75 Å². The zero-order chi connectivity index (χ0) is 17.5. The lowest BCUT2D eigenvalue weighted by Gasteiger charge is -2.12. The highest BCUT2D eigenvalue weighted by molar-refractivity contribution is 7.09. The number of thiazole rings is 1. The minimum Gasteiger partial charge on any atom is -0.493 e. The van der Waals surface area contributed by atoms with E-state index in [0.717, 1.165) is 48.6 Å². The van der Waals surface area contributed by atoms with E-state index in [1.54, 1.807) is 11.3 Å². The molecule has 1 aliphatic carbocycles. The number of nitrogens with one attached hydrogen (secondary N) is 2. The standard InChI is InChI=1S/C19H26N4OS/c1-3-20-19(22-11-18-14(2)23-13-25-18)21-10-16-6-4-5-7-17(16)24-12-15-8-9-15/h4-7,13,15H,3,8-12H2,1-2H3,(H2,20,21,22). The highest BCUT2D eigenvalue weighted by atomic mass is 32.1. The maximum atomic E-state index is 5.97. The van der Waals surface area contributed by atoms with Gasteiger partial charge in [-0.05, 0) is 38.7 Å². The molecule has 1 saturated carbocycles. The van der Waals surface area contributed by atoms with Crippen molar-refractivity contribution in [2.75, 3.05) is 13.2 Å². The smallest absolute Gasteiger partial charge is 0.191 e. The summed E-state index contributed by atoms with van der Waals surface area (Å²) in [7, 11) is 0. The fraction of sp³-hybridized carbons (Fsp3) is 0.474. The summed E-state index contributed by atoms with van der Waals surface area (Å²) in [6, 6.07) is 8.18. The van der Waals surface area contributed by atoms with Crippen molar-refractivity contribution in [3.05, 3.63) is 45.9 Å². The molecule has 1 aromatic heterocycles. The van der Waals surface area contributed by atoms with Gasteiger partial charge in [-0.1, -0.05) is 18.2 Å². The van der Waals surface area contributed by atoms with Crippen molar-refractivity contribution >= 4 is 17.3 Å². The van der Waals surface area contributed by atoms with Crippen LogP contribution in [0, 0.1) is 12.8 Å². The van der Waals surface area contributed by atoms with Crippen LogP contribution in [0.1, 0.15) is 35.9 Å². The molecule has 25 heavy (non-hydrogen) atoms. The number of rotatable bonds is 8. The summed E-state index contributed by atoms with van der Waals surface area (Å²) in [5, 5.41) is 6.68. The van der Waals surface area contributed by atoms with Crippen molar-refractivity contribution in [1.29, 1.82) is 0 Å². The van der Waals surface area contributed by atoms with Crippen LogP contribution in [-0.2, 0) is 13.1 Å². The number of ether oxygens (including phenoxy) is 1. The third-order valence-electron chi connectivity index (χ3n) is 4.16. The molecule has 0 spiro atoms. The largest absolute Gasteiger partial charge is 0.493 e. The molecule has 6 heteroatoms. The van der Waals surface area contributed by atoms with E-state index >= 15 is 0 Å². The summed E-state index contributed by atoms with van der Waals surface area (Å²) in [5.74, 6) is 2.51. The summed E-state index contributed by atoms with van der Waals surface area (Å²) < 4.78 is 5.97. The molecule has 0 radical (unpaired) electrons. The second kappa shape index (κ2) is 8.85. The Balaban J connectivity index is 1.61. The first-order valence-corrected chi connectivity index (χ1v) is 9.76. The topological polar surface area (TPSA) is 58.5 Å². The summed E-state index contributed by atoms with van der Waals surface area (Å²) >= 11 is 1.67. The Hall–Kier alpha value is -2.08. The Bertz CT molecular complexity index is 709. The third kappa shape index (κ3) is 5.46. The Kier molecular flexibility index (Phi) is 6.28. The minimum atomic E-state index is 0.595. The molecule has 1 heterocycles. The Morgan fingerprint density at radius 3 is 2.88 bits per heavy atom. The molecule has 1 aromatic carbocycles. The number of para-hydroxylation sites is 1. The van der Waals surface area contributed by atoms with Gasteiger partial charge in [0.15, 0.2) is 5.96 Å². The van der Waals surface area contributed by atoms with Crippen LogP contribution < -0.4 is 15.4 Å². The first-order valence-electron chi connectivity index (χ1n) is 8.88. The van der Waals surface area contributed by atoms with Crippen LogP contribution in [0.25, 0.3) is 0 Å². The van der Waals surface area contributed by atoms with E-state index in [1.165, 1.54) is 17.7 Å². The fourth-order valence-corrected chi connectivity index (χ4v) is 3.15. The molecule has 0 aliphatic heterocycles. The lowest BCUT2D eigenvalue weighted by molar-refractivity contribution is 0.297. The fourth-order valence-electron chi connectivity index (χ4n) is 2.43. The van der Waals surface area contributed by atoms with E-state index in [-0.39, 0.29) is 0 Å². The number of hydrogen-bond acceptors (Lipinski definition) is 4. The molecular weight excluding hydrogens is 332 g/mol. The maximum Gasteiger partial charge on any atom is 0.191 e. The zero-order valence-electron chi connectivity index (χ0n) is 14.9. The zero-order valence-corrected chi connectivity index (χ0v) is 15.7. The van der Waals surface area contributed by atoms with Gasteiger partial charge in [0, 0.05) is 17.0 Å². The van der Waals surface area contributed by atoms with Gasteiger partial charge in [-0.25, -0.2) is 9.98 Å². The molecule has 134 valence electrons. The number of aliphatic imine (C=N–C) groups is 1. The SMILES string of the molecule is CCNC(=NCc1ccccc1OCC1CC1)NCc1scnc1C. The Morgan fingerprint density at radius 1 is 1.32 bits per heavy atom. The van der Waals surface area contributed by atoms with E-state index in [0.29, 0.717) is 6.54 Å². The maximum absolute atomic E-state index is 5.97. The van der Waals surface area contributed by atoms with Crippen molar-refractivity contribution in [2.45, 2.75) is 39.8 Å². The molecule has 0 bridgehead atoms. The molecule has 2 aromatic rings. The molecule has 2 N–H and O–H groups in total. The van der Waals surface area contributed by atoms with E-state index in [4.69, 9.17) is 9.73 Å². The third-order valence-corrected chi connectivity index (χ3v) is 5.09. The van der Waals surface area contributed by atoms with E-state index in [1.807, 2.05) is 30.6 Å². The molecule has 0 atom stereocenters. The van der Waals surface area contributed by atoms with Crippen molar-refractivity contribution < 1.29 is 4.74 Å². The Labute approximate surface area is 153 Å². The van der Waals surface area contributed by atoms with Gasteiger partial charge in [0.2, 0.25) is 0 Å². The quantitative estimate of drug-likeness (QED) is 0.560. The van der Waals surface area contributed by atoms with E-state index < -0.39 is 0 Å². The van der Waals surface area contributed by atoms with Crippen molar-refractivity contribution in [1.82, 2.24) is 15.6 Å². The minimum absolute atomic E-state index is 0.595. The molecule has 0 amide bonds. The number of benzene rings is 1. The number of aryl methyl sites for hydroxylation is 1. The summed E-state index contributed by atoms with van der Waals surface area (Å²) in [5.41, 5.74) is 4.07. The summed E-state index contributed by atoms with van der Waals surface area (Å²) in [6.07, 6.45) is 2.59. The van der Waals surface area contributed by atoms with Gasteiger partial charge < -0.3 is 15.4 Å². The molecule has 0 saturated heterocycles. The Morgan fingerprint density at radius 2 is 2.16 bits per heavy atom. The average Bonchev–Trinajstić information content (AvgIpc) is 3.37. The first kappa shape index (κ1) is 17.7. The number of hydrogen-bond donors (Lipinski definition) is 2. The van der Waals surface area contributed by atoms with Gasteiger partial charge in [-0.2, -0.15) is 0 Å². The molecule has 3 rings (SSSR count). The van der Waals surface area contributed by atoms with Crippen molar-refractivity contribution in [2.24, 2.45) is 10.9 Å². The van der Waals surface area contributed by atoms with Crippen molar-refractivity contribution in [3.63, 3.8) is 0 Å². The van der Waals surface area contributed by atoms with Crippen LogP contribution in [0.4, 0.5) is 0 Å². The van der Waals surface area contributed by atoms with Crippen LogP contribution >= 0.6 is 11.3 Å². The molecule has 5 nitrogen and oxygen atoms in total. The lowest BCUT2D eigenvalue weighted by Crippen LogP contribution is -2.36. The molecular formula is C19H26N4OS. The second-order valence-electron chi connectivity index (χ2n) is 6.27. The van der Waals surface area contributed by atoms with Crippen LogP contribution in [0.15, 0.2) is 34.8 Å². The molecule has 1 aliphatic rings. The highest BCUT2D eigenvalue weighted by Crippen LogP contribution is 2.30. The van der Waals surface area contributed by atoms with Gasteiger partial charge in [0.05, 0.1) is 30.9 Å². The highest BCUT2D eigenvalue weighted by Gasteiger charge is 2.22. The van der Waals surface area contributed by atoms with E-state index in [9.17, 15) is 0 Å².